The number of carboxylic acid groups (broad SMARTS) is 1. The number of carbonyl (C=O) groups excluding carboxylic acids is 1. The first-order chi connectivity index (χ1) is 8.02. The third-order valence-electron chi connectivity index (χ3n) is 2.05. The van der Waals surface area contributed by atoms with Gasteiger partial charge in [-0.2, -0.15) is 0 Å². The van der Waals surface area contributed by atoms with E-state index in [1.165, 1.54) is 6.92 Å². The molecule has 1 aromatic carbocycles. The van der Waals surface area contributed by atoms with E-state index in [1.54, 1.807) is 31.4 Å². The van der Waals surface area contributed by atoms with Crippen LogP contribution in [-0.2, 0) is 9.59 Å². The number of aliphatic carboxylic acids is 1. The number of rotatable bonds is 4. The molecule has 1 aromatic rings. The van der Waals surface area contributed by atoms with Gasteiger partial charge in [0.1, 0.15) is 5.75 Å². The highest BCUT2D eigenvalue weighted by molar-refractivity contribution is 6.06. The van der Waals surface area contributed by atoms with Crippen molar-refractivity contribution in [2.24, 2.45) is 0 Å². The van der Waals surface area contributed by atoms with Crippen LogP contribution >= 0.6 is 0 Å². The summed E-state index contributed by atoms with van der Waals surface area (Å²) < 4.78 is 4.97. The molecule has 0 spiro atoms. The molecule has 0 atom stereocenters. The monoisotopic (exact) mass is 235 g/mol. The minimum absolute atomic E-state index is 0.133. The van der Waals surface area contributed by atoms with Crippen molar-refractivity contribution in [2.75, 3.05) is 12.4 Å². The second-order valence-electron chi connectivity index (χ2n) is 3.35. The number of hydrogen-bond donors (Lipinski definition) is 2. The number of anilines is 1. The maximum absolute atomic E-state index is 11.5. The van der Waals surface area contributed by atoms with Gasteiger partial charge in [-0.05, 0) is 31.2 Å². The molecule has 0 aromatic heterocycles. The SMILES string of the molecule is COc1ccc(NC(=O)C(C)=CC(=O)O)cc1. The highest BCUT2D eigenvalue weighted by Crippen LogP contribution is 2.15. The molecule has 1 rings (SSSR count). The van der Waals surface area contributed by atoms with E-state index in [1.807, 2.05) is 0 Å². The van der Waals surface area contributed by atoms with Gasteiger partial charge in [0.25, 0.3) is 5.91 Å². The van der Waals surface area contributed by atoms with Gasteiger partial charge in [-0.25, -0.2) is 4.79 Å². The Morgan fingerprint density at radius 3 is 2.35 bits per heavy atom. The summed E-state index contributed by atoms with van der Waals surface area (Å²) in [5.41, 5.74) is 0.710. The molecule has 0 bridgehead atoms. The third-order valence-corrected chi connectivity index (χ3v) is 2.05. The average molecular weight is 235 g/mol. The zero-order chi connectivity index (χ0) is 12.8. The predicted molar refractivity (Wildman–Crippen MR) is 63.0 cm³/mol. The first-order valence-corrected chi connectivity index (χ1v) is 4.89. The van der Waals surface area contributed by atoms with Crippen LogP contribution in [0.5, 0.6) is 5.75 Å². The lowest BCUT2D eigenvalue weighted by atomic mass is 10.2. The first kappa shape index (κ1) is 12.8. The number of ether oxygens (including phenoxy) is 1. The van der Waals surface area contributed by atoms with Crippen LogP contribution in [0.25, 0.3) is 0 Å². The zero-order valence-electron chi connectivity index (χ0n) is 9.56. The van der Waals surface area contributed by atoms with E-state index in [0.717, 1.165) is 6.08 Å². The van der Waals surface area contributed by atoms with Crippen LogP contribution in [-0.4, -0.2) is 24.1 Å². The van der Waals surface area contributed by atoms with Crippen molar-refractivity contribution in [1.82, 2.24) is 0 Å². The van der Waals surface area contributed by atoms with Gasteiger partial charge in [-0.3, -0.25) is 4.79 Å². The van der Waals surface area contributed by atoms with Crippen molar-refractivity contribution >= 4 is 17.6 Å². The van der Waals surface area contributed by atoms with Crippen molar-refractivity contribution in [1.29, 1.82) is 0 Å². The number of benzene rings is 1. The molecule has 0 aliphatic heterocycles. The van der Waals surface area contributed by atoms with Crippen LogP contribution in [0.2, 0.25) is 0 Å². The summed E-state index contributed by atoms with van der Waals surface area (Å²) in [5.74, 6) is -0.911. The molecular weight excluding hydrogens is 222 g/mol. The Bertz CT molecular complexity index is 448. The van der Waals surface area contributed by atoms with E-state index in [4.69, 9.17) is 9.84 Å². The highest BCUT2D eigenvalue weighted by Gasteiger charge is 2.06. The molecule has 17 heavy (non-hydrogen) atoms. The van der Waals surface area contributed by atoms with Crippen molar-refractivity contribution in [3.8, 4) is 5.75 Å². The number of carbonyl (C=O) groups is 2. The fourth-order valence-corrected chi connectivity index (χ4v) is 1.15. The predicted octanol–water partition coefficient (Wildman–Crippen LogP) is 1.66. The van der Waals surface area contributed by atoms with Crippen LogP contribution in [0.15, 0.2) is 35.9 Å². The molecule has 90 valence electrons. The Kier molecular flexibility index (Phi) is 4.28. The van der Waals surface area contributed by atoms with Gasteiger partial charge in [-0.15, -0.1) is 0 Å². The molecule has 0 heterocycles. The van der Waals surface area contributed by atoms with E-state index in [2.05, 4.69) is 5.32 Å². The molecule has 0 saturated carbocycles. The van der Waals surface area contributed by atoms with Crippen LogP contribution in [0.3, 0.4) is 0 Å². The Balaban J connectivity index is 2.71. The van der Waals surface area contributed by atoms with Gasteiger partial charge in [0.05, 0.1) is 7.11 Å². The third kappa shape index (κ3) is 3.98. The molecule has 0 aliphatic carbocycles. The zero-order valence-corrected chi connectivity index (χ0v) is 9.56. The number of amides is 1. The number of methoxy groups -OCH3 is 1. The molecule has 0 fully saturated rings. The van der Waals surface area contributed by atoms with Crippen molar-refractivity contribution < 1.29 is 19.4 Å². The second-order valence-corrected chi connectivity index (χ2v) is 3.35. The number of nitrogens with one attached hydrogen (secondary N) is 1. The lowest BCUT2D eigenvalue weighted by molar-refractivity contribution is -0.131. The Morgan fingerprint density at radius 2 is 1.88 bits per heavy atom. The van der Waals surface area contributed by atoms with Gasteiger partial charge >= 0.3 is 5.97 Å². The summed E-state index contributed by atoms with van der Waals surface area (Å²) in [7, 11) is 1.55. The molecule has 0 unspecified atom stereocenters. The van der Waals surface area contributed by atoms with Crippen LogP contribution in [0.1, 0.15) is 6.92 Å². The smallest absolute Gasteiger partial charge is 0.328 e. The number of carboxylic acids is 1. The lowest BCUT2D eigenvalue weighted by Gasteiger charge is -2.05. The summed E-state index contributed by atoms with van der Waals surface area (Å²) in [6.07, 6.45) is 0.860. The molecule has 2 N–H and O–H groups in total. The summed E-state index contributed by atoms with van der Waals surface area (Å²) in [6, 6.07) is 6.74. The van der Waals surface area contributed by atoms with Crippen LogP contribution in [0, 0.1) is 0 Å². The Labute approximate surface area is 98.7 Å². The standard InChI is InChI=1S/C12H13NO4/c1-8(7-11(14)15)12(16)13-9-3-5-10(17-2)6-4-9/h3-7H,1-2H3,(H,13,16)(H,14,15). The summed E-state index contributed by atoms with van der Waals surface area (Å²) >= 11 is 0. The van der Waals surface area contributed by atoms with E-state index in [9.17, 15) is 9.59 Å². The highest BCUT2D eigenvalue weighted by atomic mass is 16.5. The van der Waals surface area contributed by atoms with Crippen molar-refractivity contribution in [3.05, 3.63) is 35.9 Å². The van der Waals surface area contributed by atoms with Gasteiger partial charge in [0, 0.05) is 17.3 Å². The van der Waals surface area contributed by atoms with E-state index in [-0.39, 0.29) is 5.57 Å². The summed E-state index contributed by atoms with van der Waals surface area (Å²) in [5, 5.41) is 11.1. The molecule has 0 aliphatic rings. The van der Waals surface area contributed by atoms with E-state index in [0.29, 0.717) is 11.4 Å². The first-order valence-electron chi connectivity index (χ1n) is 4.89. The Morgan fingerprint density at radius 1 is 1.29 bits per heavy atom. The van der Waals surface area contributed by atoms with Crippen LogP contribution < -0.4 is 10.1 Å². The molecular formula is C12H13NO4. The molecule has 0 radical (unpaired) electrons. The Hall–Kier alpha value is -2.30. The van der Waals surface area contributed by atoms with Gasteiger partial charge < -0.3 is 15.2 Å². The van der Waals surface area contributed by atoms with Crippen molar-refractivity contribution in [2.45, 2.75) is 6.92 Å². The summed E-state index contributed by atoms with van der Waals surface area (Å²) in [6.45, 7) is 1.44. The van der Waals surface area contributed by atoms with Gasteiger partial charge in [0.2, 0.25) is 0 Å². The second kappa shape index (κ2) is 5.69. The van der Waals surface area contributed by atoms with E-state index < -0.39 is 11.9 Å². The van der Waals surface area contributed by atoms with E-state index >= 15 is 0 Å². The van der Waals surface area contributed by atoms with Gasteiger partial charge in [0.15, 0.2) is 0 Å². The minimum atomic E-state index is -1.15. The topological polar surface area (TPSA) is 75.6 Å². The maximum atomic E-state index is 11.5. The summed E-state index contributed by atoms with van der Waals surface area (Å²) in [4.78, 5) is 21.9. The van der Waals surface area contributed by atoms with Crippen LogP contribution in [0.4, 0.5) is 5.69 Å². The maximum Gasteiger partial charge on any atom is 0.328 e. The minimum Gasteiger partial charge on any atom is -0.497 e. The fraction of sp³-hybridized carbons (Fsp3) is 0.167. The molecule has 0 saturated heterocycles. The average Bonchev–Trinajstić information content (AvgIpc) is 2.29. The van der Waals surface area contributed by atoms with Crippen molar-refractivity contribution in [3.63, 3.8) is 0 Å². The molecule has 1 amide bonds. The normalized spacial score (nSPS) is 10.8. The van der Waals surface area contributed by atoms with Gasteiger partial charge in [-0.1, -0.05) is 0 Å². The largest absolute Gasteiger partial charge is 0.497 e. The number of hydrogen-bond acceptors (Lipinski definition) is 3. The molecule has 5 heteroatoms. The fourth-order valence-electron chi connectivity index (χ4n) is 1.15. The molecule has 5 nitrogen and oxygen atoms in total. The lowest BCUT2D eigenvalue weighted by Crippen LogP contribution is -2.13. The quantitative estimate of drug-likeness (QED) is 0.778.